The summed E-state index contributed by atoms with van der Waals surface area (Å²) in [6, 6.07) is 5.45. The summed E-state index contributed by atoms with van der Waals surface area (Å²) in [4.78, 5) is 13.9. The number of carbonyl (C=O) groups is 1. The van der Waals surface area contributed by atoms with E-state index >= 15 is 0 Å². The third-order valence-corrected chi connectivity index (χ3v) is 3.51. The molecule has 2 aromatic rings. The van der Waals surface area contributed by atoms with Crippen molar-refractivity contribution < 1.29 is 9.21 Å². The van der Waals surface area contributed by atoms with Crippen molar-refractivity contribution in [2.75, 3.05) is 0 Å². The first-order valence-electron chi connectivity index (χ1n) is 4.76. The molecule has 2 nitrogen and oxygen atoms in total. The van der Waals surface area contributed by atoms with Gasteiger partial charge in [0.1, 0.15) is 5.76 Å². The van der Waals surface area contributed by atoms with Gasteiger partial charge in [-0.3, -0.25) is 4.79 Å². The Morgan fingerprint density at radius 1 is 1.27 bits per heavy atom. The van der Waals surface area contributed by atoms with Crippen LogP contribution in [0.2, 0.25) is 0 Å². The van der Waals surface area contributed by atoms with E-state index in [4.69, 9.17) is 4.42 Å². The van der Waals surface area contributed by atoms with E-state index in [0.717, 1.165) is 16.2 Å². The highest BCUT2D eigenvalue weighted by molar-refractivity contribution is 7.14. The smallest absolute Gasteiger partial charge is 0.238 e. The van der Waals surface area contributed by atoms with Crippen molar-refractivity contribution in [1.29, 1.82) is 0 Å². The molecule has 0 unspecified atom stereocenters. The molecule has 0 spiro atoms. The number of rotatable bonds is 2. The van der Waals surface area contributed by atoms with Crippen LogP contribution in [0, 0.1) is 20.8 Å². The molecular formula is C12H12O2S. The Hall–Kier alpha value is -1.35. The molecule has 0 aromatic carbocycles. The summed E-state index contributed by atoms with van der Waals surface area (Å²) < 4.78 is 5.31. The van der Waals surface area contributed by atoms with Crippen molar-refractivity contribution in [2.24, 2.45) is 0 Å². The largest absolute Gasteiger partial charge is 0.458 e. The minimum atomic E-state index is -0.0238. The van der Waals surface area contributed by atoms with Gasteiger partial charge in [0.2, 0.25) is 5.78 Å². The number of hydrogen-bond acceptors (Lipinski definition) is 3. The summed E-state index contributed by atoms with van der Waals surface area (Å²) in [6.07, 6.45) is 0. The number of carbonyl (C=O) groups excluding carboxylic acids is 1. The van der Waals surface area contributed by atoms with Crippen LogP contribution in [0.3, 0.4) is 0 Å². The van der Waals surface area contributed by atoms with Crippen molar-refractivity contribution in [3.63, 3.8) is 0 Å². The fourth-order valence-corrected chi connectivity index (χ4v) is 2.34. The quantitative estimate of drug-likeness (QED) is 0.725. The summed E-state index contributed by atoms with van der Waals surface area (Å²) in [5, 5.41) is 0. The van der Waals surface area contributed by atoms with Gasteiger partial charge in [-0.25, -0.2) is 0 Å². The Morgan fingerprint density at radius 3 is 2.47 bits per heavy atom. The average molecular weight is 220 g/mol. The summed E-state index contributed by atoms with van der Waals surface area (Å²) in [5.74, 6) is 1.17. The zero-order valence-corrected chi connectivity index (χ0v) is 9.77. The Morgan fingerprint density at radius 2 is 2.00 bits per heavy atom. The monoisotopic (exact) mass is 220 g/mol. The third-order valence-electron chi connectivity index (χ3n) is 2.35. The Bertz CT molecular complexity index is 486. The van der Waals surface area contributed by atoms with Crippen molar-refractivity contribution in [3.05, 3.63) is 45.0 Å². The molecule has 0 atom stereocenters. The van der Waals surface area contributed by atoms with Gasteiger partial charge in [-0.15, -0.1) is 11.3 Å². The van der Waals surface area contributed by atoms with Crippen molar-refractivity contribution in [3.8, 4) is 0 Å². The predicted molar refractivity (Wildman–Crippen MR) is 60.7 cm³/mol. The molecule has 2 rings (SSSR count). The number of hydrogen-bond donors (Lipinski definition) is 0. The molecule has 0 N–H and O–H groups in total. The average Bonchev–Trinajstić information content (AvgIpc) is 2.74. The predicted octanol–water partition coefficient (Wildman–Crippen LogP) is 3.50. The molecule has 0 aliphatic carbocycles. The molecule has 0 aliphatic rings. The van der Waals surface area contributed by atoms with E-state index < -0.39 is 0 Å². The van der Waals surface area contributed by atoms with Crippen molar-refractivity contribution >= 4 is 17.1 Å². The summed E-state index contributed by atoms with van der Waals surface area (Å²) in [5.41, 5.74) is 1.16. The normalized spacial score (nSPS) is 10.6. The first-order valence-corrected chi connectivity index (χ1v) is 5.58. The first-order chi connectivity index (χ1) is 7.08. The number of thiophene rings is 1. The zero-order valence-electron chi connectivity index (χ0n) is 8.96. The zero-order chi connectivity index (χ0) is 11.0. The molecule has 0 amide bonds. The highest BCUT2D eigenvalue weighted by Gasteiger charge is 2.15. The maximum atomic E-state index is 11.9. The lowest BCUT2D eigenvalue weighted by molar-refractivity contribution is 0.101. The van der Waals surface area contributed by atoms with Crippen LogP contribution in [-0.4, -0.2) is 5.78 Å². The van der Waals surface area contributed by atoms with Crippen LogP contribution < -0.4 is 0 Å². The fourth-order valence-electron chi connectivity index (χ4n) is 1.36. The van der Waals surface area contributed by atoms with Gasteiger partial charge in [0.25, 0.3) is 0 Å². The van der Waals surface area contributed by atoms with Gasteiger partial charge < -0.3 is 4.42 Å². The van der Waals surface area contributed by atoms with E-state index in [2.05, 4.69) is 0 Å². The lowest BCUT2D eigenvalue weighted by Gasteiger charge is -1.91. The Kier molecular flexibility index (Phi) is 2.49. The molecule has 0 radical (unpaired) electrons. The van der Waals surface area contributed by atoms with Crippen LogP contribution in [0.25, 0.3) is 0 Å². The van der Waals surface area contributed by atoms with E-state index in [-0.39, 0.29) is 5.78 Å². The van der Waals surface area contributed by atoms with E-state index in [1.165, 1.54) is 16.2 Å². The van der Waals surface area contributed by atoms with Gasteiger partial charge in [0.15, 0.2) is 5.76 Å². The maximum Gasteiger partial charge on any atom is 0.238 e. The molecule has 15 heavy (non-hydrogen) atoms. The minimum Gasteiger partial charge on any atom is -0.458 e. The first kappa shape index (κ1) is 10.2. The minimum absolute atomic E-state index is 0.0238. The van der Waals surface area contributed by atoms with Crippen LogP contribution >= 0.6 is 11.3 Å². The molecule has 2 aromatic heterocycles. The van der Waals surface area contributed by atoms with Gasteiger partial charge in [-0.2, -0.15) is 0 Å². The van der Waals surface area contributed by atoms with Crippen molar-refractivity contribution in [1.82, 2.24) is 0 Å². The molecule has 0 aliphatic heterocycles. The maximum absolute atomic E-state index is 11.9. The lowest BCUT2D eigenvalue weighted by Crippen LogP contribution is -1.95. The summed E-state index contributed by atoms with van der Waals surface area (Å²) in [6.45, 7) is 5.86. The molecular weight excluding hydrogens is 208 g/mol. The van der Waals surface area contributed by atoms with E-state index in [1.807, 2.05) is 26.8 Å². The SMILES string of the molecule is Cc1ccc(C(=O)c2cc(C)c(C)s2)o1. The standard InChI is InChI=1S/C12H12O2S/c1-7-6-11(15-9(7)3)12(13)10-5-4-8(2)14-10/h4-6H,1-3H3. The number of aryl methyl sites for hydroxylation is 3. The van der Waals surface area contributed by atoms with Crippen LogP contribution in [0.4, 0.5) is 0 Å². The summed E-state index contributed by atoms with van der Waals surface area (Å²) >= 11 is 1.52. The van der Waals surface area contributed by atoms with E-state index in [0.29, 0.717) is 5.76 Å². The second-order valence-electron chi connectivity index (χ2n) is 3.59. The summed E-state index contributed by atoms with van der Waals surface area (Å²) in [7, 11) is 0. The Labute approximate surface area is 92.5 Å². The van der Waals surface area contributed by atoms with Crippen LogP contribution in [0.15, 0.2) is 22.6 Å². The molecule has 0 saturated heterocycles. The van der Waals surface area contributed by atoms with Gasteiger partial charge in [-0.05, 0) is 44.5 Å². The molecule has 2 heterocycles. The molecule has 0 fully saturated rings. The van der Waals surface area contributed by atoms with E-state index in [9.17, 15) is 4.79 Å². The van der Waals surface area contributed by atoms with Crippen LogP contribution in [0.1, 0.15) is 31.6 Å². The van der Waals surface area contributed by atoms with Crippen molar-refractivity contribution in [2.45, 2.75) is 20.8 Å². The molecule has 78 valence electrons. The van der Waals surface area contributed by atoms with Gasteiger partial charge in [0, 0.05) is 4.88 Å². The van der Waals surface area contributed by atoms with Gasteiger partial charge in [0.05, 0.1) is 4.88 Å². The van der Waals surface area contributed by atoms with Gasteiger partial charge in [-0.1, -0.05) is 0 Å². The second-order valence-corrected chi connectivity index (χ2v) is 4.85. The highest BCUT2D eigenvalue weighted by Crippen LogP contribution is 2.23. The van der Waals surface area contributed by atoms with E-state index in [1.54, 1.807) is 12.1 Å². The Balaban J connectivity index is 2.36. The lowest BCUT2D eigenvalue weighted by atomic mass is 10.2. The number of furan rings is 1. The fraction of sp³-hybridized carbons (Fsp3) is 0.250. The second kappa shape index (κ2) is 3.66. The molecule has 3 heteroatoms. The van der Waals surface area contributed by atoms with Crippen LogP contribution in [0.5, 0.6) is 0 Å². The molecule has 0 bridgehead atoms. The van der Waals surface area contributed by atoms with Crippen LogP contribution in [-0.2, 0) is 0 Å². The topological polar surface area (TPSA) is 30.2 Å². The molecule has 0 saturated carbocycles. The highest BCUT2D eigenvalue weighted by atomic mass is 32.1. The third kappa shape index (κ3) is 1.88. The number of ketones is 1. The van der Waals surface area contributed by atoms with Gasteiger partial charge >= 0.3 is 0 Å².